The Kier molecular flexibility index (Phi) is 5.12. The largest absolute Gasteiger partial charge is 0.488 e. The van der Waals surface area contributed by atoms with Gasteiger partial charge in [0.05, 0.1) is 6.04 Å². The molecule has 3 heteroatoms. The molecule has 1 N–H and O–H groups in total. The summed E-state index contributed by atoms with van der Waals surface area (Å²) >= 11 is 0. The van der Waals surface area contributed by atoms with Crippen LogP contribution in [-0.2, 0) is 0 Å². The fourth-order valence-electron chi connectivity index (χ4n) is 1.99. The van der Waals surface area contributed by atoms with Crippen LogP contribution < -0.4 is 10.1 Å². The summed E-state index contributed by atoms with van der Waals surface area (Å²) in [5, 5.41) is 3.07. The third-order valence-electron chi connectivity index (χ3n) is 2.82. The zero-order chi connectivity index (χ0) is 14.6. The van der Waals surface area contributed by atoms with Crippen molar-refractivity contribution >= 4 is 5.78 Å². The molecule has 1 aromatic rings. The SMILES string of the molecule is CNC(C(=O)c1ccc(OC(C)(C)C)cc1)C(C)C. The molecule has 0 aliphatic heterocycles. The lowest BCUT2D eigenvalue weighted by Gasteiger charge is -2.22. The summed E-state index contributed by atoms with van der Waals surface area (Å²) < 4.78 is 5.74. The van der Waals surface area contributed by atoms with Crippen LogP contribution in [0.5, 0.6) is 5.75 Å². The quantitative estimate of drug-likeness (QED) is 0.828. The highest BCUT2D eigenvalue weighted by atomic mass is 16.5. The average molecular weight is 263 g/mol. The van der Waals surface area contributed by atoms with E-state index >= 15 is 0 Å². The molecule has 0 spiro atoms. The molecule has 3 nitrogen and oxygen atoms in total. The van der Waals surface area contributed by atoms with E-state index in [1.807, 2.05) is 65.9 Å². The Bertz CT molecular complexity index is 415. The number of rotatable bonds is 5. The first-order valence-electron chi connectivity index (χ1n) is 6.75. The van der Waals surface area contributed by atoms with Crippen LogP contribution in [0.15, 0.2) is 24.3 Å². The molecule has 0 heterocycles. The highest BCUT2D eigenvalue weighted by Gasteiger charge is 2.21. The Labute approximate surface area is 116 Å². The number of nitrogens with one attached hydrogen (secondary N) is 1. The maximum Gasteiger partial charge on any atom is 0.179 e. The predicted octanol–water partition coefficient (Wildman–Crippen LogP) is 3.29. The summed E-state index contributed by atoms with van der Waals surface area (Å²) in [4.78, 5) is 12.3. The third kappa shape index (κ3) is 4.67. The maximum absolute atomic E-state index is 12.3. The van der Waals surface area contributed by atoms with E-state index in [0.717, 1.165) is 5.75 Å². The number of ether oxygens (including phenoxy) is 1. The van der Waals surface area contributed by atoms with Gasteiger partial charge in [0, 0.05) is 5.56 Å². The second kappa shape index (κ2) is 6.20. The number of carbonyl (C=O) groups excluding carboxylic acids is 1. The fraction of sp³-hybridized carbons (Fsp3) is 0.562. The summed E-state index contributed by atoms with van der Waals surface area (Å²) in [6.45, 7) is 10.1. The van der Waals surface area contributed by atoms with Crippen molar-refractivity contribution in [2.24, 2.45) is 5.92 Å². The molecule has 0 radical (unpaired) electrons. The van der Waals surface area contributed by atoms with Crippen molar-refractivity contribution in [2.45, 2.75) is 46.3 Å². The first kappa shape index (κ1) is 15.7. The molecule has 0 fully saturated rings. The first-order chi connectivity index (χ1) is 8.74. The number of ketones is 1. The number of Topliss-reactive ketones (excluding diaryl/α,β-unsaturated/α-hetero) is 1. The highest BCUT2D eigenvalue weighted by molar-refractivity contribution is 6.00. The molecule has 0 aliphatic rings. The van der Waals surface area contributed by atoms with Crippen molar-refractivity contribution in [1.29, 1.82) is 0 Å². The minimum atomic E-state index is -0.225. The Hall–Kier alpha value is -1.35. The molecule has 1 atom stereocenters. The van der Waals surface area contributed by atoms with Gasteiger partial charge in [0.1, 0.15) is 11.4 Å². The van der Waals surface area contributed by atoms with Gasteiger partial charge in [-0.25, -0.2) is 0 Å². The molecule has 1 unspecified atom stereocenters. The zero-order valence-electron chi connectivity index (χ0n) is 12.8. The van der Waals surface area contributed by atoms with Crippen LogP contribution in [0, 0.1) is 5.92 Å². The van der Waals surface area contributed by atoms with Gasteiger partial charge >= 0.3 is 0 Å². The number of benzene rings is 1. The van der Waals surface area contributed by atoms with E-state index in [1.165, 1.54) is 0 Å². The number of likely N-dealkylation sites (N-methyl/N-ethyl adjacent to an activating group) is 1. The molecule has 0 saturated carbocycles. The maximum atomic E-state index is 12.3. The van der Waals surface area contributed by atoms with Gasteiger partial charge in [0.25, 0.3) is 0 Å². The summed E-state index contributed by atoms with van der Waals surface area (Å²) in [6, 6.07) is 7.22. The van der Waals surface area contributed by atoms with Crippen LogP contribution in [0.3, 0.4) is 0 Å². The van der Waals surface area contributed by atoms with Gasteiger partial charge in [-0.3, -0.25) is 4.79 Å². The zero-order valence-corrected chi connectivity index (χ0v) is 12.8. The van der Waals surface area contributed by atoms with Crippen molar-refractivity contribution in [1.82, 2.24) is 5.32 Å². The van der Waals surface area contributed by atoms with E-state index in [-0.39, 0.29) is 23.3 Å². The Morgan fingerprint density at radius 3 is 2.05 bits per heavy atom. The van der Waals surface area contributed by atoms with E-state index in [0.29, 0.717) is 5.56 Å². The summed E-state index contributed by atoms with van der Waals surface area (Å²) in [5.41, 5.74) is 0.492. The van der Waals surface area contributed by atoms with Gasteiger partial charge in [0.15, 0.2) is 5.78 Å². The molecule has 106 valence electrons. The van der Waals surface area contributed by atoms with Crippen molar-refractivity contribution in [2.75, 3.05) is 7.05 Å². The molecule has 1 aromatic carbocycles. The summed E-state index contributed by atoms with van der Waals surface area (Å²) in [7, 11) is 1.82. The van der Waals surface area contributed by atoms with Gasteiger partial charge in [-0.05, 0) is 58.0 Å². The van der Waals surface area contributed by atoms with Gasteiger partial charge in [-0.15, -0.1) is 0 Å². The second-order valence-electron chi connectivity index (χ2n) is 6.11. The topological polar surface area (TPSA) is 38.3 Å². The van der Waals surface area contributed by atoms with Crippen molar-refractivity contribution in [3.8, 4) is 5.75 Å². The van der Waals surface area contributed by atoms with Crippen molar-refractivity contribution in [3.05, 3.63) is 29.8 Å². The Morgan fingerprint density at radius 1 is 1.16 bits per heavy atom. The smallest absolute Gasteiger partial charge is 0.179 e. The molecule has 0 saturated heterocycles. The molecule has 19 heavy (non-hydrogen) atoms. The second-order valence-corrected chi connectivity index (χ2v) is 6.11. The third-order valence-corrected chi connectivity index (χ3v) is 2.82. The molecular weight excluding hydrogens is 238 g/mol. The van der Waals surface area contributed by atoms with Gasteiger partial charge in [0.2, 0.25) is 0 Å². The standard InChI is InChI=1S/C16H25NO2/c1-11(2)14(17-6)15(18)12-7-9-13(10-8-12)19-16(3,4)5/h7-11,14,17H,1-6H3. The van der Waals surface area contributed by atoms with E-state index < -0.39 is 0 Å². The lowest BCUT2D eigenvalue weighted by molar-refractivity contribution is 0.0922. The molecular formula is C16H25NO2. The minimum Gasteiger partial charge on any atom is -0.488 e. The van der Waals surface area contributed by atoms with E-state index in [1.54, 1.807) is 0 Å². The lowest BCUT2D eigenvalue weighted by Crippen LogP contribution is -2.38. The van der Waals surface area contributed by atoms with E-state index in [9.17, 15) is 4.79 Å². The van der Waals surface area contributed by atoms with E-state index in [2.05, 4.69) is 5.32 Å². The lowest BCUT2D eigenvalue weighted by atomic mass is 9.95. The monoisotopic (exact) mass is 263 g/mol. The summed E-state index contributed by atoms with van der Waals surface area (Å²) in [5.74, 6) is 1.18. The van der Waals surface area contributed by atoms with Gasteiger partial charge in [-0.1, -0.05) is 13.8 Å². The van der Waals surface area contributed by atoms with Crippen LogP contribution in [0.2, 0.25) is 0 Å². The van der Waals surface area contributed by atoms with Crippen LogP contribution >= 0.6 is 0 Å². The van der Waals surface area contributed by atoms with Gasteiger partial charge < -0.3 is 10.1 Å². The van der Waals surface area contributed by atoms with Crippen LogP contribution in [-0.4, -0.2) is 24.5 Å². The number of hydrogen-bond acceptors (Lipinski definition) is 3. The van der Waals surface area contributed by atoms with Gasteiger partial charge in [-0.2, -0.15) is 0 Å². The Morgan fingerprint density at radius 2 is 1.68 bits per heavy atom. The number of hydrogen-bond donors (Lipinski definition) is 1. The fourth-order valence-corrected chi connectivity index (χ4v) is 1.99. The molecule has 0 aromatic heterocycles. The summed E-state index contributed by atoms with van der Waals surface area (Å²) in [6.07, 6.45) is 0. The van der Waals surface area contributed by atoms with Crippen LogP contribution in [0.4, 0.5) is 0 Å². The average Bonchev–Trinajstić information content (AvgIpc) is 2.28. The van der Waals surface area contributed by atoms with Crippen LogP contribution in [0.1, 0.15) is 45.0 Å². The van der Waals surface area contributed by atoms with Crippen molar-refractivity contribution < 1.29 is 9.53 Å². The normalized spacial score (nSPS) is 13.4. The highest BCUT2D eigenvalue weighted by Crippen LogP contribution is 2.19. The molecule has 0 bridgehead atoms. The van der Waals surface area contributed by atoms with Crippen molar-refractivity contribution in [3.63, 3.8) is 0 Å². The molecule has 1 rings (SSSR count). The Balaban J connectivity index is 2.84. The number of carbonyl (C=O) groups is 1. The molecule has 0 aliphatic carbocycles. The molecule has 0 amide bonds. The predicted molar refractivity (Wildman–Crippen MR) is 78.8 cm³/mol. The van der Waals surface area contributed by atoms with Crippen LogP contribution in [0.25, 0.3) is 0 Å². The minimum absolute atomic E-state index is 0.125. The first-order valence-corrected chi connectivity index (χ1v) is 6.75. The van der Waals surface area contributed by atoms with E-state index in [4.69, 9.17) is 4.74 Å².